The van der Waals surface area contributed by atoms with Crippen molar-refractivity contribution >= 4 is 5.91 Å². The van der Waals surface area contributed by atoms with Crippen LogP contribution in [0.25, 0.3) is 0 Å². The molecule has 1 aromatic heterocycles. The Balaban J connectivity index is 1.40. The van der Waals surface area contributed by atoms with E-state index in [1.807, 2.05) is 52.2 Å². The number of benzene rings is 1. The van der Waals surface area contributed by atoms with E-state index < -0.39 is 0 Å². The number of aromatic nitrogens is 2. The second kappa shape index (κ2) is 9.22. The average Bonchev–Trinajstić information content (AvgIpc) is 3.16. The van der Waals surface area contributed by atoms with Gasteiger partial charge in [0.2, 0.25) is 5.91 Å². The van der Waals surface area contributed by atoms with Crippen LogP contribution >= 0.6 is 0 Å². The Hall–Kier alpha value is -2.34. The highest BCUT2D eigenvalue weighted by Gasteiger charge is 2.26. The van der Waals surface area contributed by atoms with Gasteiger partial charge in [0.1, 0.15) is 19.0 Å². The van der Waals surface area contributed by atoms with Gasteiger partial charge in [-0.2, -0.15) is 5.10 Å². The molecular formula is C19H25N3O3. The van der Waals surface area contributed by atoms with Crippen LogP contribution in [0.5, 0.6) is 5.75 Å². The highest BCUT2D eigenvalue weighted by atomic mass is 16.5. The normalized spacial score (nSPS) is 17.4. The molecule has 1 aliphatic heterocycles. The molecule has 0 unspecified atom stereocenters. The van der Waals surface area contributed by atoms with Gasteiger partial charge in [-0.15, -0.1) is 0 Å². The zero-order valence-electron chi connectivity index (χ0n) is 14.4. The summed E-state index contributed by atoms with van der Waals surface area (Å²) in [7, 11) is 0. The van der Waals surface area contributed by atoms with Gasteiger partial charge in [0.05, 0.1) is 19.2 Å². The number of carbonyl (C=O) groups is 1. The molecule has 6 heteroatoms. The molecule has 1 aromatic carbocycles. The predicted octanol–water partition coefficient (Wildman–Crippen LogP) is 2.36. The summed E-state index contributed by atoms with van der Waals surface area (Å²) < 4.78 is 13.0. The van der Waals surface area contributed by atoms with Crippen molar-refractivity contribution in [1.29, 1.82) is 0 Å². The molecule has 0 spiro atoms. The predicted molar refractivity (Wildman–Crippen MR) is 94.3 cm³/mol. The van der Waals surface area contributed by atoms with Crippen molar-refractivity contribution < 1.29 is 14.3 Å². The minimum atomic E-state index is 0.0524. The fraction of sp³-hybridized carbons (Fsp3) is 0.474. The van der Waals surface area contributed by atoms with Gasteiger partial charge in [-0.1, -0.05) is 18.2 Å². The molecule has 1 saturated heterocycles. The molecule has 0 bridgehead atoms. The number of piperidine rings is 1. The molecule has 134 valence electrons. The maximum absolute atomic E-state index is 12.5. The first-order chi connectivity index (χ1) is 12.3. The summed E-state index contributed by atoms with van der Waals surface area (Å²) in [5.74, 6) is 0.865. The van der Waals surface area contributed by atoms with Crippen molar-refractivity contribution in [2.24, 2.45) is 0 Å². The van der Waals surface area contributed by atoms with E-state index in [4.69, 9.17) is 9.47 Å². The van der Waals surface area contributed by atoms with E-state index in [1.165, 1.54) is 0 Å². The first-order valence-corrected chi connectivity index (χ1v) is 8.85. The molecule has 1 atom stereocenters. The molecule has 25 heavy (non-hydrogen) atoms. The summed E-state index contributed by atoms with van der Waals surface area (Å²) in [4.78, 5) is 14.4. The molecular weight excluding hydrogens is 318 g/mol. The fourth-order valence-electron chi connectivity index (χ4n) is 3.12. The largest absolute Gasteiger partial charge is 0.491 e. The summed E-state index contributed by atoms with van der Waals surface area (Å²) in [5, 5.41) is 4.25. The Morgan fingerprint density at radius 2 is 2.04 bits per heavy atom. The SMILES string of the molecule is O=C(COCCOc1ccccc1)N1CCCC[C@H]1Cn1cccn1. The third kappa shape index (κ3) is 5.32. The van der Waals surface area contributed by atoms with Crippen molar-refractivity contribution in [2.75, 3.05) is 26.4 Å². The Morgan fingerprint density at radius 1 is 1.16 bits per heavy atom. The number of para-hydroxylation sites is 1. The van der Waals surface area contributed by atoms with Gasteiger partial charge in [0.15, 0.2) is 0 Å². The number of hydrogen-bond donors (Lipinski definition) is 0. The monoisotopic (exact) mass is 343 g/mol. The lowest BCUT2D eigenvalue weighted by atomic mass is 10.0. The molecule has 6 nitrogen and oxygen atoms in total. The Bertz CT molecular complexity index is 631. The van der Waals surface area contributed by atoms with Crippen LogP contribution in [0.2, 0.25) is 0 Å². The van der Waals surface area contributed by atoms with Gasteiger partial charge in [-0.3, -0.25) is 9.48 Å². The van der Waals surface area contributed by atoms with Crippen LogP contribution in [0.15, 0.2) is 48.8 Å². The number of hydrogen-bond acceptors (Lipinski definition) is 4. The van der Waals surface area contributed by atoms with Crippen LogP contribution in [0.4, 0.5) is 0 Å². The Labute approximate surface area is 148 Å². The highest BCUT2D eigenvalue weighted by Crippen LogP contribution is 2.18. The maximum Gasteiger partial charge on any atom is 0.248 e. The second-order valence-electron chi connectivity index (χ2n) is 6.18. The Kier molecular flexibility index (Phi) is 6.45. The molecule has 2 heterocycles. The summed E-state index contributed by atoms with van der Waals surface area (Å²) >= 11 is 0. The molecule has 0 saturated carbocycles. The van der Waals surface area contributed by atoms with Crippen LogP contribution in [-0.4, -0.2) is 53.0 Å². The van der Waals surface area contributed by atoms with E-state index in [0.29, 0.717) is 13.2 Å². The minimum absolute atomic E-state index is 0.0524. The fourth-order valence-corrected chi connectivity index (χ4v) is 3.12. The van der Waals surface area contributed by atoms with Crippen molar-refractivity contribution in [3.8, 4) is 5.75 Å². The first kappa shape index (κ1) is 17.5. The second-order valence-corrected chi connectivity index (χ2v) is 6.18. The molecule has 2 aromatic rings. The van der Waals surface area contributed by atoms with Crippen molar-refractivity contribution in [2.45, 2.75) is 31.8 Å². The Morgan fingerprint density at radius 3 is 2.84 bits per heavy atom. The van der Waals surface area contributed by atoms with E-state index in [-0.39, 0.29) is 18.6 Å². The van der Waals surface area contributed by atoms with Crippen LogP contribution in [0.1, 0.15) is 19.3 Å². The van der Waals surface area contributed by atoms with Crippen molar-refractivity contribution in [3.05, 3.63) is 48.8 Å². The first-order valence-electron chi connectivity index (χ1n) is 8.85. The van der Waals surface area contributed by atoms with E-state index in [9.17, 15) is 4.79 Å². The van der Waals surface area contributed by atoms with Crippen LogP contribution in [-0.2, 0) is 16.1 Å². The lowest BCUT2D eigenvalue weighted by Crippen LogP contribution is -2.47. The lowest BCUT2D eigenvalue weighted by Gasteiger charge is -2.35. The minimum Gasteiger partial charge on any atom is -0.491 e. The standard InChI is InChI=1S/C19H25N3O3/c23-19(16-24-13-14-25-18-8-2-1-3-9-18)22-12-5-4-7-17(22)15-21-11-6-10-20-21/h1-3,6,8-11,17H,4-5,7,12-16H2/t17-/m0/s1. The topological polar surface area (TPSA) is 56.6 Å². The zero-order valence-corrected chi connectivity index (χ0v) is 14.4. The van der Waals surface area contributed by atoms with Crippen molar-refractivity contribution in [3.63, 3.8) is 0 Å². The quantitative estimate of drug-likeness (QED) is 0.691. The molecule has 1 fully saturated rings. The van der Waals surface area contributed by atoms with Gasteiger partial charge in [0.25, 0.3) is 0 Å². The number of amides is 1. The number of ether oxygens (including phenoxy) is 2. The molecule has 0 radical (unpaired) electrons. The maximum atomic E-state index is 12.5. The third-order valence-corrected chi connectivity index (χ3v) is 4.37. The van der Waals surface area contributed by atoms with E-state index >= 15 is 0 Å². The van der Waals surface area contributed by atoms with Gasteiger partial charge < -0.3 is 14.4 Å². The number of nitrogens with zero attached hydrogens (tertiary/aromatic N) is 3. The summed E-state index contributed by atoms with van der Waals surface area (Å²) in [5.41, 5.74) is 0. The number of rotatable bonds is 8. The van der Waals surface area contributed by atoms with Gasteiger partial charge in [-0.05, 0) is 37.5 Å². The molecule has 0 N–H and O–H groups in total. The van der Waals surface area contributed by atoms with Crippen LogP contribution in [0, 0.1) is 0 Å². The molecule has 0 aliphatic carbocycles. The summed E-state index contributed by atoms with van der Waals surface area (Å²) in [6.07, 6.45) is 6.93. The highest BCUT2D eigenvalue weighted by molar-refractivity contribution is 5.77. The van der Waals surface area contributed by atoms with Crippen LogP contribution in [0.3, 0.4) is 0 Å². The smallest absolute Gasteiger partial charge is 0.248 e. The number of likely N-dealkylation sites (tertiary alicyclic amines) is 1. The lowest BCUT2D eigenvalue weighted by molar-refractivity contribution is -0.140. The molecule has 3 rings (SSSR count). The van der Waals surface area contributed by atoms with Crippen molar-refractivity contribution in [1.82, 2.24) is 14.7 Å². The van der Waals surface area contributed by atoms with E-state index in [2.05, 4.69) is 5.10 Å². The molecule has 1 aliphatic rings. The van der Waals surface area contributed by atoms with E-state index in [1.54, 1.807) is 6.20 Å². The van der Waals surface area contributed by atoms with E-state index in [0.717, 1.165) is 38.1 Å². The van der Waals surface area contributed by atoms with Gasteiger partial charge in [-0.25, -0.2) is 0 Å². The number of carbonyl (C=O) groups excluding carboxylic acids is 1. The summed E-state index contributed by atoms with van der Waals surface area (Å²) in [6.45, 7) is 2.49. The average molecular weight is 343 g/mol. The molecule has 1 amide bonds. The van der Waals surface area contributed by atoms with Crippen LogP contribution < -0.4 is 4.74 Å². The third-order valence-electron chi connectivity index (χ3n) is 4.37. The summed E-state index contributed by atoms with van der Waals surface area (Å²) in [6, 6.07) is 11.7. The van der Waals surface area contributed by atoms with Gasteiger partial charge >= 0.3 is 0 Å². The zero-order chi connectivity index (χ0) is 17.3. The van der Waals surface area contributed by atoms with Gasteiger partial charge in [0, 0.05) is 18.9 Å².